The second-order valence-electron chi connectivity index (χ2n) is 3.38. The van der Waals surface area contributed by atoms with E-state index in [0.717, 1.165) is 20.7 Å². The molecule has 2 N–H and O–H groups in total. The number of hydrogen-bond donors (Lipinski definition) is 1. The molecule has 0 aliphatic heterocycles. The lowest BCUT2D eigenvalue weighted by Crippen LogP contribution is -2.11. The summed E-state index contributed by atoms with van der Waals surface area (Å²) in [6.07, 6.45) is 0. The van der Waals surface area contributed by atoms with Gasteiger partial charge in [0.1, 0.15) is 5.75 Å². The number of thiophene rings is 1. The fraction of sp³-hybridized carbons (Fsp3) is 0.167. The molecule has 0 amide bonds. The number of ether oxygens (including phenoxy) is 1. The Morgan fingerprint density at radius 1 is 1.38 bits per heavy atom. The molecule has 84 valence electrons. The highest BCUT2D eigenvalue weighted by molar-refractivity contribution is 9.10. The highest BCUT2D eigenvalue weighted by atomic mass is 79.9. The Morgan fingerprint density at radius 3 is 2.81 bits per heavy atom. The SMILES string of the molecule is COc1ccc(Br)c(C(N)c2cccs2)c1. The van der Waals surface area contributed by atoms with Gasteiger partial charge < -0.3 is 10.5 Å². The number of halogens is 1. The van der Waals surface area contributed by atoms with Crippen molar-refractivity contribution in [3.05, 3.63) is 50.6 Å². The van der Waals surface area contributed by atoms with Crippen LogP contribution in [0.1, 0.15) is 16.5 Å². The minimum atomic E-state index is -0.107. The highest BCUT2D eigenvalue weighted by Gasteiger charge is 2.13. The van der Waals surface area contributed by atoms with Crippen LogP contribution >= 0.6 is 27.3 Å². The fourth-order valence-electron chi connectivity index (χ4n) is 1.51. The van der Waals surface area contributed by atoms with Crippen molar-refractivity contribution in [1.82, 2.24) is 0 Å². The zero-order valence-corrected chi connectivity index (χ0v) is 11.2. The minimum Gasteiger partial charge on any atom is -0.497 e. The van der Waals surface area contributed by atoms with Crippen LogP contribution < -0.4 is 10.5 Å². The molecule has 0 radical (unpaired) electrons. The van der Waals surface area contributed by atoms with Crippen molar-refractivity contribution in [2.24, 2.45) is 5.73 Å². The van der Waals surface area contributed by atoms with Gasteiger partial charge in [-0.3, -0.25) is 0 Å². The van der Waals surface area contributed by atoms with Crippen LogP contribution in [-0.2, 0) is 0 Å². The molecule has 0 spiro atoms. The molecule has 2 aromatic rings. The summed E-state index contributed by atoms with van der Waals surface area (Å²) in [7, 11) is 1.66. The van der Waals surface area contributed by atoms with Crippen molar-refractivity contribution in [3.63, 3.8) is 0 Å². The molecule has 0 saturated carbocycles. The maximum atomic E-state index is 6.21. The largest absolute Gasteiger partial charge is 0.497 e. The maximum Gasteiger partial charge on any atom is 0.119 e. The van der Waals surface area contributed by atoms with Crippen LogP contribution in [0.3, 0.4) is 0 Å². The number of benzene rings is 1. The first-order valence-corrected chi connectivity index (χ1v) is 6.52. The quantitative estimate of drug-likeness (QED) is 0.940. The van der Waals surface area contributed by atoms with Crippen LogP contribution in [0.5, 0.6) is 5.75 Å². The third-order valence-corrected chi connectivity index (χ3v) is 4.07. The molecule has 1 atom stereocenters. The molecule has 2 rings (SSSR count). The molecule has 0 bridgehead atoms. The summed E-state index contributed by atoms with van der Waals surface area (Å²) in [5.41, 5.74) is 7.25. The smallest absolute Gasteiger partial charge is 0.119 e. The van der Waals surface area contributed by atoms with Gasteiger partial charge in [0.05, 0.1) is 13.2 Å². The summed E-state index contributed by atoms with van der Waals surface area (Å²) in [6.45, 7) is 0. The summed E-state index contributed by atoms with van der Waals surface area (Å²) < 4.78 is 6.21. The van der Waals surface area contributed by atoms with Crippen LogP contribution in [0.4, 0.5) is 0 Å². The van der Waals surface area contributed by atoms with Gasteiger partial charge in [0.15, 0.2) is 0 Å². The van der Waals surface area contributed by atoms with Gasteiger partial charge in [-0.15, -0.1) is 11.3 Å². The van der Waals surface area contributed by atoms with Gasteiger partial charge in [0.2, 0.25) is 0 Å². The zero-order chi connectivity index (χ0) is 11.5. The summed E-state index contributed by atoms with van der Waals surface area (Å²) in [6, 6.07) is 9.78. The molecule has 4 heteroatoms. The first kappa shape index (κ1) is 11.6. The summed E-state index contributed by atoms with van der Waals surface area (Å²) >= 11 is 5.18. The van der Waals surface area contributed by atoms with E-state index >= 15 is 0 Å². The van der Waals surface area contributed by atoms with Gasteiger partial charge in [-0.05, 0) is 35.2 Å². The zero-order valence-electron chi connectivity index (χ0n) is 8.81. The van der Waals surface area contributed by atoms with Crippen molar-refractivity contribution in [1.29, 1.82) is 0 Å². The number of hydrogen-bond acceptors (Lipinski definition) is 3. The van der Waals surface area contributed by atoms with E-state index in [1.807, 2.05) is 35.7 Å². The van der Waals surface area contributed by atoms with Gasteiger partial charge in [-0.25, -0.2) is 0 Å². The van der Waals surface area contributed by atoms with Crippen molar-refractivity contribution >= 4 is 27.3 Å². The Morgan fingerprint density at radius 2 is 2.19 bits per heavy atom. The summed E-state index contributed by atoms with van der Waals surface area (Å²) in [5, 5.41) is 2.03. The predicted molar refractivity (Wildman–Crippen MR) is 71.0 cm³/mol. The van der Waals surface area contributed by atoms with Crippen LogP contribution in [0, 0.1) is 0 Å². The Balaban J connectivity index is 2.39. The molecule has 0 fully saturated rings. The van der Waals surface area contributed by atoms with Crippen molar-refractivity contribution in [2.45, 2.75) is 6.04 Å². The second-order valence-corrected chi connectivity index (χ2v) is 5.21. The van der Waals surface area contributed by atoms with Crippen molar-refractivity contribution < 1.29 is 4.74 Å². The molecular formula is C12H12BrNOS. The molecule has 0 aliphatic rings. The van der Waals surface area contributed by atoms with Gasteiger partial charge in [-0.2, -0.15) is 0 Å². The van der Waals surface area contributed by atoms with Crippen LogP contribution in [0.15, 0.2) is 40.2 Å². The van der Waals surface area contributed by atoms with Crippen molar-refractivity contribution in [2.75, 3.05) is 7.11 Å². The normalized spacial score (nSPS) is 12.4. The third kappa shape index (κ3) is 2.29. The van der Waals surface area contributed by atoms with Crippen LogP contribution in [0.2, 0.25) is 0 Å². The van der Waals surface area contributed by atoms with E-state index < -0.39 is 0 Å². The molecule has 1 aromatic heterocycles. The van der Waals surface area contributed by atoms with Gasteiger partial charge in [-0.1, -0.05) is 22.0 Å². The number of methoxy groups -OCH3 is 1. The van der Waals surface area contributed by atoms with E-state index in [4.69, 9.17) is 10.5 Å². The van der Waals surface area contributed by atoms with Crippen LogP contribution in [-0.4, -0.2) is 7.11 Å². The average molecular weight is 298 g/mol. The highest BCUT2D eigenvalue weighted by Crippen LogP contribution is 2.31. The summed E-state index contributed by atoms with van der Waals surface area (Å²) in [5.74, 6) is 0.824. The molecule has 2 nitrogen and oxygen atoms in total. The third-order valence-electron chi connectivity index (χ3n) is 2.39. The number of rotatable bonds is 3. The van der Waals surface area contributed by atoms with Gasteiger partial charge >= 0.3 is 0 Å². The monoisotopic (exact) mass is 297 g/mol. The topological polar surface area (TPSA) is 35.2 Å². The number of nitrogens with two attached hydrogens (primary N) is 1. The van der Waals surface area contributed by atoms with E-state index in [-0.39, 0.29) is 6.04 Å². The minimum absolute atomic E-state index is 0.107. The lowest BCUT2D eigenvalue weighted by Gasteiger charge is -2.13. The first-order valence-electron chi connectivity index (χ1n) is 4.85. The molecule has 1 heterocycles. The standard InChI is InChI=1S/C12H12BrNOS/c1-15-8-4-5-10(13)9(7-8)12(14)11-3-2-6-16-11/h2-7,12H,14H2,1H3. The Bertz CT molecular complexity index is 470. The van der Waals surface area contributed by atoms with E-state index in [0.29, 0.717) is 0 Å². The average Bonchev–Trinajstić information content (AvgIpc) is 2.82. The second kappa shape index (κ2) is 4.99. The Kier molecular flexibility index (Phi) is 3.63. The van der Waals surface area contributed by atoms with Crippen molar-refractivity contribution in [3.8, 4) is 5.75 Å². The molecule has 0 aliphatic carbocycles. The molecule has 0 saturated heterocycles. The molecular weight excluding hydrogens is 286 g/mol. The lowest BCUT2D eigenvalue weighted by atomic mass is 10.1. The molecule has 16 heavy (non-hydrogen) atoms. The van der Waals surface area contributed by atoms with Gasteiger partial charge in [0.25, 0.3) is 0 Å². The van der Waals surface area contributed by atoms with E-state index in [9.17, 15) is 0 Å². The van der Waals surface area contributed by atoms with E-state index in [1.165, 1.54) is 0 Å². The summed E-state index contributed by atoms with van der Waals surface area (Å²) in [4.78, 5) is 1.15. The van der Waals surface area contributed by atoms with E-state index in [1.54, 1.807) is 18.4 Å². The first-order chi connectivity index (χ1) is 7.72. The Hall–Kier alpha value is -0.840. The lowest BCUT2D eigenvalue weighted by molar-refractivity contribution is 0.414. The van der Waals surface area contributed by atoms with Gasteiger partial charge in [0, 0.05) is 9.35 Å². The van der Waals surface area contributed by atoms with Crippen LogP contribution in [0.25, 0.3) is 0 Å². The molecule has 1 unspecified atom stereocenters. The Labute approximate surface area is 107 Å². The maximum absolute atomic E-state index is 6.21. The molecule has 1 aromatic carbocycles. The predicted octanol–water partition coefficient (Wildman–Crippen LogP) is 3.57. The van der Waals surface area contributed by atoms with E-state index in [2.05, 4.69) is 15.9 Å². The fourth-order valence-corrected chi connectivity index (χ4v) is 2.75.